The van der Waals surface area contributed by atoms with Gasteiger partial charge in [0.2, 0.25) is 5.89 Å². The van der Waals surface area contributed by atoms with Gasteiger partial charge in [0.25, 0.3) is 5.56 Å². The van der Waals surface area contributed by atoms with Crippen LogP contribution in [-0.2, 0) is 25.6 Å². The second-order valence-corrected chi connectivity index (χ2v) is 6.86. The summed E-state index contributed by atoms with van der Waals surface area (Å²) >= 11 is 1.58. The van der Waals surface area contributed by atoms with Crippen molar-refractivity contribution in [1.82, 2.24) is 14.1 Å². The Kier molecular flexibility index (Phi) is 4.94. The maximum absolute atomic E-state index is 11.9. The van der Waals surface area contributed by atoms with E-state index in [1.165, 1.54) is 23.2 Å². The fraction of sp³-hybridized carbons (Fsp3) is 0.278. The van der Waals surface area contributed by atoms with Crippen molar-refractivity contribution >= 4 is 11.8 Å². The molecule has 0 atom stereocenters. The van der Waals surface area contributed by atoms with Crippen LogP contribution in [0.2, 0.25) is 0 Å². The van der Waals surface area contributed by atoms with Crippen LogP contribution in [0.25, 0.3) is 11.5 Å². The van der Waals surface area contributed by atoms with E-state index >= 15 is 0 Å². The maximum Gasteiger partial charge on any atom is 0.330 e. The van der Waals surface area contributed by atoms with Crippen LogP contribution in [0.3, 0.4) is 0 Å². The molecule has 0 amide bonds. The Bertz CT molecular complexity index is 1000. The number of rotatable bonds is 5. The fourth-order valence-corrected chi connectivity index (χ4v) is 3.31. The van der Waals surface area contributed by atoms with Gasteiger partial charge in [-0.1, -0.05) is 17.7 Å². The minimum atomic E-state index is -0.314. The first-order valence-electron chi connectivity index (χ1n) is 7.81. The Morgan fingerprint density at radius 1 is 1.08 bits per heavy atom. The highest BCUT2D eigenvalue weighted by Crippen LogP contribution is 2.22. The van der Waals surface area contributed by atoms with E-state index in [0.717, 1.165) is 15.8 Å². The van der Waals surface area contributed by atoms with E-state index in [2.05, 4.69) is 4.98 Å². The van der Waals surface area contributed by atoms with Gasteiger partial charge in [-0.15, -0.1) is 11.8 Å². The topological polar surface area (TPSA) is 70.0 Å². The molecule has 0 aliphatic heterocycles. The number of nitrogens with zero attached hydrogens (tertiary/aromatic N) is 3. The van der Waals surface area contributed by atoms with Gasteiger partial charge in [-0.05, 0) is 19.1 Å². The van der Waals surface area contributed by atoms with Gasteiger partial charge in [-0.3, -0.25) is 13.9 Å². The van der Waals surface area contributed by atoms with E-state index in [9.17, 15) is 9.59 Å². The molecule has 0 saturated carbocycles. The quantitative estimate of drug-likeness (QED) is 0.702. The third-order valence-electron chi connectivity index (χ3n) is 3.98. The first kappa shape index (κ1) is 17.3. The van der Waals surface area contributed by atoms with Gasteiger partial charge in [0.05, 0.1) is 5.69 Å². The third kappa shape index (κ3) is 3.76. The zero-order chi connectivity index (χ0) is 18.0. The predicted molar refractivity (Wildman–Crippen MR) is 98.6 cm³/mol. The van der Waals surface area contributed by atoms with Crippen molar-refractivity contribution in [3.05, 3.63) is 74.4 Å². The Morgan fingerprint density at radius 3 is 2.52 bits per heavy atom. The summed E-state index contributed by atoms with van der Waals surface area (Å²) in [5.74, 6) is 1.78. The smallest absolute Gasteiger partial charge is 0.330 e. The Hall–Kier alpha value is -2.54. The first-order chi connectivity index (χ1) is 12.0. The van der Waals surface area contributed by atoms with Gasteiger partial charge in [-0.2, -0.15) is 0 Å². The first-order valence-corrected chi connectivity index (χ1v) is 8.96. The van der Waals surface area contributed by atoms with E-state index in [1.807, 2.05) is 31.2 Å². The minimum Gasteiger partial charge on any atom is -0.444 e. The number of aryl methyl sites for hydroxylation is 1. The molecule has 0 aliphatic carbocycles. The average molecular weight is 357 g/mol. The summed E-state index contributed by atoms with van der Waals surface area (Å²) < 4.78 is 8.13. The second-order valence-electron chi connectivity index (χ2n) is 5.88. The second kappa shape index (κ2) is 7.14. The van der Waals surface area contributed by atoms with Crippen LogP contribution < -0.4 is 11.2 Å². The predicted octanol–water partition coefficient (Wildman–Crippen LogP) is 2.48. The van der Waals surface area contributed by atoms with Gasteiger partial charge in [0.15, 0.2) is 0 Å². The molecule has 0 aliphatic rings. The monoisotopic (exact) mass is 357 g/mol. The molecule has 3 rings (SSSR count). The summed E-state index contributed by atoms with van der Waals surface area (Å²) in [6, 6.07) is 9.49. The van der Waals surface area contributed by atoms with Crippen LogP contribution in [0.15, 0.2) is 50.6 Å². The number of thioether (sulfide) groups is 1. The van der Waals surface area contributed by atoms with E-state index < -0.39 is 0 Å². The minimum absolute atomic E-state index is 0.290. The van der Waals surface area contributed by atoms with Crippen molar-refractivity contribution in [2.24, 2.45) is 14.1 Å². The molecule has 0 saturated heterocycles. The molecule has 0 unspecified atom stereocenters. The molecule has 2 heterocycles. The molecular formula is C18H19N3O3S. The van der Waals surface area contributed by atoms with E-state index in [1.54, 1.807) is 25.1 Å². The van der Waals surface area contributed by atoms with Crippen LogP contribution in [0.1, 0.15) is 17.0 Å². The lowest BCUT2D eigenvalue weighted by molar-refractivity contribution is 0.573. The van der Waals surface area contributed by atoms with Gasteiger partial charge in [-0.25, -0.2) is 9.78 Å². The molecule has 130 valence electrons. The third-order valence-corrected chi connectivity index (χ3v) is 4.98. The lowest BCUT2D eigenvalue weighted by Crippen LogP contribution is -2.37. The summed E-state index contributed by atoms with van der Waals surface area (Å²) in [6.07, 6.45) is 1.64. The summed E-state index contributed by atoms with van der Waals surface area (Å²) in [5, 5.41) is 0. The number of hydrogen-bond donors (Lipinski definition) is 0. The van der Waals surface area contributed by atoms with Crippen molar-refractivity contribution in [3.63, 3.8) is 0 Å². The maximum atomic E-state index is 11.9. The van der Waals surface area contributed by atoms with E-state index in [0.29, 0.717) is 23.1 Å². The standard InChI is InChI=1S/C18H19N3O3S/c1-12-4-6-13(7-5-12)17-19-14(9-24-17)10-25-11-15-8-16(22)21(3)18(23)20(15)2/h4-9H,10-11H2,1-3H3. The SMILES string of the molecule is Cc1ccc(-c2nc(CSCc3cc(=O)n(C)c(=O)n3C)co2)cc1. The molecule has 2 aromatic heterocycles. The molecule has 0 N–H and O–H groups in total. The highest BCUT2D eigenvalue weighted by Gasteiger charge is 2.09. The van der Waals surface area contributed by atoms with Gasteiger partial charge < -0.3 is 4.42 Å². The highest BCUT2D eigenvalue weighted by molar-refractivity contribution is 7.97. The van der Waals surface area contributed by atoms with Gasteiger partial charge >= 0.3 is 5.69 Å². The number of aromatic nitrogens is 3. The largest absolute Gasteiger partial charge is 0.444 e. The highest BCUT2D eigenvalue weighted by atomic mass is 32.2. The van der Waals surface area contributed by atoms with Crippen LogP contribution in [0, 0.1) is 6.92 Å². The summed E-state index contributed by atoms with van der Waals surface area (Å²) in [4.78, 5) is 28.2. The van der Waals surface area contributed by atoms with Crippen molar-refractivity contribution in [3.8, 4) is 11.5 Å². The zero-order valence-electron chi connectivity index (χ0n) is 14.4. The molecule has 0 radical (unpaired) electrons. The van der Waals surface area contributed by atoms with Crippen LogP contribution >= 0.6 is 11.8 Å². The Balaban J connectivity index is 1.67. The molecule has 7 heteroatoms. The zero-order valence-corrected chi connectivity index (χ0v) is 15.2. The number of hydrogen-bond acceptors (Lipinski definition) is 5. The summed E-state index contributed by atoms with van der Waals surface area (Å²) in [7, 11) is 3.15. The molecule has 1 aromatic carbocycles. The molecular weight excluding hydrogens is 338 g/mol. The van der Waals surface area contributed by atoms with Crippen LogP contribution in [-0.4, -0.2) is 14.1 Å². The average Bonchev–Trinajstić information content (AvgIpc) is 3.07. The molecule has 0 bridgehead atoms. The summed E-state index contributed by atoms with van der Waals surface area (Å²) in [6.45, 7) is 2.03. The molecule has 6 nitrogen and oxygen atoms in total. The van der Waals surface area contributed by atoms with Crippen molar-refractivity contribution in [2.45, 2.75) is 18.4 Å². The van der Waals surface area contributed by atoms with Crippen molar-refractivity contribution in [1.29, 1.82) is 0 Å². The molecule has 3 aromatic rings. The fourth-order valence-electron chi connectivity index (χ4n) is 2.38. The molecule has 25 heavy (non-hydrogen) atoms. The van der Waals surface area contributed by atoms with Gasteiger partial charge in [0, 0.05) is 42.9 Å². The summed E-state index contributed by atoms with van der Waals surface area (Å²) in [5.41, 5.74) is 3.05. The van der Waals surface area contributed by atoms with Crippen molar-refractivity contribution < 1.29 is 4.42 Å². The lowest BCUT2D eigenvalue weighted by atomic mass is 10.1. The van der Waals surface area contributed by atoms with E-state index in [-0.39, 0.29) is 11.2 Å². The molecule has 0 fully saturated rings. The number of oxazole rings is 1. The Labute approximate surface area is 149 Å². The van der Waals surface area contributed by atoms with Gasteiger partial charge in [0.1, 0.15) is 6.26 Å². The molecule has 0 spiro atoms. The van der Waals surface area contributed by atoms with E-state index in [4.69, 9.17) is 4.42 Å². The van der Waals surface area contributed by atoms with Crippen LogP contribution in [0.4, 0.5) is 0 Å². The van der Waals surface area contributed by atoms with Crippen LogP contribution in [0.5, 0.6) is 0 Å². The normalized spacial score (nSPS) is 11.0. The Morgan fingerprint density at radius 2 is 1.80 bits per heavy atom. The lowest BCUT2D eigenvalue weighted by Gasteiger charge is -2.08. The number of benzene rings is 1. The van der Waals surface area contributed by atoms with Crippen molar-refractivity contribution in [2.75, 3.05) is 0 Å².